The second kappa shape index (κ2) is 16.2. The van der Waals surface area contributed by atoms with Crippen LogP contribution in [0, 0.1) is 5.92 Å². The van der Waals surface area contributed by atoms with Gasteiger partial charge in [-0.1, -0.05) is 32.4 Å². The lowest BCUT2D eigenvalue weighted by Crippen LogP contribution is -2.59. The normalized spacial score (nSPS) is 14.8. The summed E-state index contributed by atoms with van der Waals surface area (Å²) in [6.45, 7) is 4.06. The van der Waals surface area contributed by atoms with Crippen molar-refractivity contribution >= 4 is 23.7 Å². The van der Waals surface area contributed by atoms with Gasteiger partial charge in [0, 0.05) is 24.7 Å². The van der Waals surface area contributed by atoms with Gasteiger partial charge in [-0.2, -0.15) is 0 Å². The van der Waals surface area contributed by atoms with E-state index in [9.17, 15) is 29.4 Å². The summed E-state index contributed by atoms with van der Waals surface area (Å²) in [7, 11) is 0. The number of aromatic hydroxyl groups is 1. The topological polar surface area (TPSA) is 226 Å². The van der Waals surface area contributed by atoms with Crippen molar-refractivity contribution in [3.05, 3.63) is 48.0 Å². The van der Waals surface area contributed by atoms with E-state index in [0.717, 1.165) is 0 Å². The van der Waals surface area contributed by atoms with Gasteiger partial charge in [-0.15, -0.1) is 0 Å². The molecule has 0 aliphatic rings. The quantitative estimate of drug-likeness (QED) is 0.121. The molecule has 0 aliphatic carbocycles. The Kier molecular flexibility index (Phi) is 13.1. The Labute approximate surface area is 233 Å². The number of phenolic OH excluding ortho intramolecular Hbond substituents is 1. The molecule has 1 aromatic heterocycles. The lowest BCUT2D eigenvalue weighted by Gasteiger charge is -2.28. The summed E-state index contributed by atoms with van der Waals surface area (Å²) in [5.74, 6) is -3.26. The maximum atomic E-state index is 13.4. The predicted octanol–water partition coefficient (Wildman–Crippen LogP) is -0.0581. The van der Waals surface area contributed by atoms with Gasteiger partial charge in [0.1, 0.15) is 23.9 Å². The average Bonchev–Trinajstić information content (AvgIpc) is 3.44. The van der Waals surface area contributed by atoms with Crippen LogP contribution in [0.2, 0.25) is 0 Å². The third-order valence-corrected chi connectivity index (χ3v) is 6.70. The molecule has 0 fully saturated rings. The summed E-state index contributed by atoms with van der Waals surface area (Å²) in [6, 6.07) is 1.76. The molecule has 10 N–H and O–H groups in total. The highest BCUT2D eigenvalue weighted by atomic mass is 16.4. The van der Waals surface area contributed by atoms with Crippen LogP contribution >= 0.6 is 0 Å². The zero-order chi connectivity index (χ0) is 29.7. The molecule has 0 saturated heterocycles. The highest BCUT2D eigenvalue weighted by Gasteiger charge is 2.32. The van der Waals surface area contributed by atoms with Gasteiger partial charge in [0.2, 0.25) is 17.7 Å². The van der Waals surface area contributed by atoms with Gasteiger partial charge in [0.05, 0.1) is 12.4 Å². The van der Waals surface area contributed by atoms with Gasteiger partial charge < -0.3 is 42.6 Å². The summed E-state index contributed by atoms with van der Waals surface area (Å²) in [4.78, 5) is 58.1. The summed E-state index contributed by atoms with van der Waals surface area (Å²) in [5, 5.41) is 27.1. The van der Waals surface area contributed by atoms with E-state index >= 15 is 0 Å². The fourth-order valence-corrected chi connectivity index (χ4v) is 4.05. The predicted molar refractivity (Wildman–Crippen MR) is 148 cm³/mol. The molecule has 0 radical (unpaired) electrons. The lowest BCUT2D eigenvalue weighted by atomic mass is 9.96. The number of nitrogens with two attached hydrogens (primary N) is 2. The average molecular weight is 560 g/mol. The van der Waals surface area contributed by atoms with Crippen molar-refractivity contribution in [2.45, 2.75) is 76.5 Å². The van der Waals surface area contributed by atoms with Crippen LogP contribution in [0.4, 0.5) is 0 Å². The van der Waals surface area contributed by atoms with E-state index in [1.165, 1.54) is 18.5 Å². The number of imidazole rings is 1. The first-order chi connectivity index (χ1) is 19.0. The molecule has 1 heterocycles. The number of benzene rings is 1. The number of carboxylic acid groups (broad SMARTS) is 1. The van der Waals surface area contributed by atoms with Crippen molar-refractivity contribution in [2.75, 3.05) is 6.54 Å². The number of hydrogen-bond donors (Lipinski definition) is 8. The van der Waals surface area contributed by atoms with E-state index in [-0.39, 0.29) is 30.9 Å². The Morgan fingerprint density at radius 3 is 2.23 bits per heavy atom. The Balaban J connectivity index is 2.14. The molecule has 0 aliphatic heterocycles. The number of phenols is 1. The van der Waals surface area contributed by atoms with Gasteiger partial charge in [0.25, 0.3) is 0 Å². The number of hydrogen-bond acceptors (Lipinski definition) is 8. The first-order valence-electron chi connectivity index (χ1n) is 13.4. The Hall–Kier alpha value is -3.97. The van der Waals surface area contributed by atoms with Gasteiger partial charge in [-0.05, 0) is 49.4 Å². The first kappa shape index (κ1) is 32.2. The fraction of sp³-hybridized carbons (Fsp3) is 0.519. The molecule has 220 valence electrons. The van der Waals surface area contributed by atoms with Gasteiger partial charge >= 0.3 is 5.97 Å². The number of H-pyrrole nitrogens is 1. The molecule has 1 aromatic carbocycles. The van der Waals surface area contributed by atoms with Crippen LogP contribution in [0.1, 0.15) is 50.8 Å². The second-order valence-corrected chi connectivity index (χ2v) is 9.87. The number of nitrogens with zero attached hydrogens (tertiary/aromatic N) is 1. The molecular formula is C27H41N7O6. The molecule has 0 bridgehead atoms. The molecule has 5 unspecified atom stereocenters. The number of carbonyl (C=O) groups excluding carboxylic acids is 3. The lowest BCUT2D eigenvalue weighted by molar-refractivity contribution is -0.142. The number of nitrogens with one attached hydrogen (secondary N) is 4. The molecule has 40 heavy (non-hydrogen) atoms. The number of aliphatic carboxylic acids is 1. The largest absolute Gasteiger partial charge is 0.508 e. The van der Waals surface area contributed by atoms with E-state index in [1.807, 2.05) is 6.92 Å². The van der Waals surface area contributed by atoms with Crippen LogP contribution in [-0.4, -0.2) is 74.6 Å². The van der Waals surface area contributed by atoms with Crippen molar-refractivity contribution < 1.29 is 29.4 Å². The molecule has 2 rings (SSSR count). The number of carbonyl (C=O) groups is 4. The summed E-state index contributed by atoms with van der Waals surface area (Å²) in [6.07, 6.45) is 5.11. The number of aromatic amines is 1. The number of unbranched alkanes of at least 4 members (excludes halogenated alkanes) is 1. The van der Waals surface area contributed by atoms with Crippen LogP contribution < -0.4 is 27.4 Å². The van der Waals surface area contributed by atoms with Crippen molar-refractivity contribution in [3.63, 3.8) is 0 Å². The minimum absolute atomic E-state index is 0.0232. The van der Waals surface area contributed by atoms with Crippen LogP contribution in [0.25, 0.3) is 0 Å². The molecule has 13 nitrogen and oxygen atoms in total. The highest BCUT2D eigenvalue weighted by Crippen LogP contribution is 2.13. The van der Waals surface area contributed by atoms with Gasteiger partial charge in [-0.25, -0.2) is 9.78 Å². The summed E-state index contributed by atoms with van der Waals surface area (Å²) in [5.41, 5.74) is 12.9. The smallest absolute Gasteiger partial charge is 0.326 e. The summed E-state index contributed by atoms with van der Waals surface area (Å²) < 4.78 is 0. The van der Waals surface area contributed by atoms with Crippen molar-refractivity contribution in [3.8, 4) is 5.75 Å². The van der Waals surface area contributed by atoms with E-state index in [4.69, 9.17) is 11.5 Å². The SMILES string of the molecule is CCC(C)C(NC(=O)C(N)Cc1cnc[nH]1)C(=O)NC(CCCCN)C(=O)NC(Cc1ccc(O)cc1)C(=O)O. The third kappa shape index (κ3) is 10.3. The molecule has 13 heteroatoms. The maximum absolute atomic E-state index is 13.4. The minimum atomic E-state index is -1.27. The van der Waals surface area contributed by atoms with Gasteiger partial charge in [0.15, 0.2) is 0 Å². The number of rotatable bonds is 17. The monoisotopic (exact) mass is 559 g/mol. The van der Waals surface area contributed by atoms with Crippen LogP contribution in [0.5, 0.6) is 5.75 Å². The van der Waals surface area contributed by atoms with E-state index in [1.54, 1.807) is 25.3 Å². The number of aromatic nitrogens is 2. The van der Waals surface area contributed by atoms with Crippen LogP contribution in [-0.2, 0) is 32.0 Å². The zero-order valence-electron chi connectivity index (χ0n) is 22.9. The number of carboxylic acids is 1. The molecule has 0 spiro atoms. The van der Waals surface area contributed by atoms with Crippen molar-refractivity contribution in [1.82, 2.24) is 25.9 Å². The van der Waals surface area contributed by atoms with E-state index in [2.05, 4.69) is 25.9 Å². The fourth-order valence-electron chi connectivity index (χ4n) is 4.05. The standard InChI is InChI=1S/C27H41N7O6/c1-3-16(2)23(34-24(36)20(29)13-18-14-30-15-31-18)26(38)32-21(6-4-5-11-28)25(37)33-22(27(39)40)12-17-7-9-19(35)10-8-17/h7-10,14-16,20-23,35H,3-6,11-13,28-29H2,1-2H3,(H,30,31)(H,32,38)(H,33,37)(H,34,36)(H,39,40). The van der Waals surface area contributed by atoms with Crippen molar-refractivity contribution in [1.29, 1.82) is 0 Å². The Morgan fingerprint density at radius 2 is 1.65 bits per heavy atom. The first-order valence-corrected chi connectivity index (χ1v) is 13.4. The second-order valence-electron chi connectivity index (χ2n) is 9.87. The number of amides is 3. The molecule has 3 amide bonds. The third-order valence-electron chi connectivity index (χ3n) is 6.70. The van der Waals surface area contributed by atoms with Crippen LogP contribution in [0.3, 0.4) is 0 Å². The highest BCUT2D eigenvalue weighted by molar-refractivity contribution is 5.94. The Bertz CT molecular complexity index is 1090. The van der Waals surface area contributed by atoms with Gasteiger partial charge in [-0.3, -0.25) is 14.4 Å². The molecule has 2 aromatic rings. The van der Waals surface area contributed by atoms with Crippen LogP contribution in [0.15, 0.2) is 36.8 Å². The van der Waals surface area contributed by atoms with Crippen molar-refractivity contribution in [2.24, 2.45) is 17.4 Å². The summed E-state index contributed by atoms with van der Waals surface area (Å²) >= 11 is 0. The minimum Gasteiger partial charge on any atom is -0.508 e. The van der Waals surface area contributed by atoms with E-state index < -0.39 is 47.9 Å². The molecule has 5 atom stereocenters. The molecular weight excluding hydrogens is 518 g/mol. The zero-order valence-corrected chi connectivity index (χ0v) is 22.9. The molecule has 0 saturated carbocycles. The maximum Gasteiger partial charge on any atom is 0.326 e. The Morgan fingerprint density at radius 1 is 0.975 bits per heavy atom. The van der Waals surface area contributed by atoms with E-state index in [0.29, 0.717) is 37.1 Å².